The molecular weight excluding hydrogens is 763 g/mol. The molecule has 0 N–H and O–H groups in total. The van der Waals surface area contributed by atoms with E-state index in [4.69, 9.17) is 9.97 Å². The molecule has 0 aliphatic rings. The van der Waals surface area contributed by atoms with Crippen LogP contribution >= 0.6 is 0 Å². The van der Waals surface area contributed by atoms with Gasteiger partial charge in [-0.2, -0.15) is 0 Å². The molecule has 63 heavy (non-hydrogen) atoms. The van der Waals surface area contributed by atoms with Crippen LogP contribution in [0.1, 0.15) is 0 Å². The van der Waals surface area contributed by atoms with Gasteiger partial charge in [0.2, 0.25) is 0 Å². The van der Waals surface area contributed by atoms with E-state index in [-0.39, 0.29) is 0 Å². The van der Waals surface area contributed by atoms with Crippen LogP contribution in [0, 0.1) is 0 Å². The highest BCUT2D eigenvalue weighted by Crippen LogP contribution is 2.40. The average molecular weight is 802 g/mol. The minimum absolute atomic E-state index is 0.714. The predicted octanol–water partition coefficient (Wildman–Crippen LogP) is 15.9. The van der Waals surface area contributed by atoms with Crippen molar-refractivity contribution < 1.29 is 0 Å². The van der Waals surface area contributed by atoms with E-state index >= 15 is 0 Å². The number of aromatic nitrogens is 3. The number of rotatable bonds is 7. The molecule has 0 aliphatic carbocycles. The Bertz CT molecular complexity index is 3440. The molecule has 0 radical (unpaired) electrons. The van der Waals surface area contributed by atoms with Crippen molar-refractivity contribution in [2.24, 2.45) is 0 Å². The fourth-order valence-corrected chi connectivity index (χ4v) is 9.30. The molecule has 0 aliphatic heterocycles. The molecule has 3 heteroatoms. The van der Waals surface area contributed by atoms with E-state index in [9.17, 15) is 0 Å². The summed E-state index contributed by atoms with van der Waals surface area (Å²) in [6.07, 6.45) is 0. The Morgan fingerprint density at radius 2 is 0.683 bits per heavy atom. The minimum atomic E-state index is 0.714. The molecule has 3 nitrogen and oxygen atoms in total. The van der Waals surface area contributed by atoms with Gasteiger partial charge in [-0.15, -0.1) is 0 Å². The second-order valence-corrected chi connectivity index (χ2v) is 16.2. The normalized spacial score (nSPS) is 11.5. The van der Waals surface area contributed by atoms with Gasteiger partial charge >= 0.3 is 0 Å². The fraction of sp³-hybridized carbons (Fsp3) is 0. The Morgan fingerprint density at radius 1 is 0.270 bits per heavy atom. The van der Waals surface area contributed by atoms with Crippen molar-refractivity contribution in [2.45, 2.75) is 0 Å². The van der Waals surface area contributed by atoms with Crippen LogP contribution in [0.4, 0.5) is 0 Å². The standard InChI is InChI=1S/C60H39N3/c1-3-15-44(16-4-1)56-39-57(62-60(61-56)46-17-5-2-6-18-46)45-27-25-40(26-28-45)41-29-33-49(34-30-41)63-58-35-31-47(52-23-11-19-42-13-7-9-21-50(42)52)37-54(58)55-38-48(32-36-59(55)63)53-24-12-20-43-14-8-10-22-51(43)53/h1-39H. The summed E-state index contributed by atoms with van der Waals surface area (Å²) < 4.78 is 2.42. The zero-order valence-corrected chi connectivity index (χ0v) is 34.4. The number of hydrogen-bond donors (Lipinski definition) is 0. The molecule has 2 heterocycles. The lowest BCUT2D eigenvalue weighted by Gasteiger charge is -2.12. The van der Waals surface area contributed by atoms with Gasteiger partial charge in [-0.25, -0.2) is 9.97 Å². The van der Waals surface area contributed by atoms with Crippen molar-refractivity contribution >= 4 is 43.4 Å². The van der Waals surface area contributed by atoms with E-state index in [0.717, 1.165) is 44.9 Å². The largest absolute Gasteiger partial charge is 0.309 e. The lowest BCUT2D eigenvalue weighted by Crippen LogP contribution is -1.96. The van der Waals surface area contributed by atoms with Crippen molar-refractivity contribution in [1.82, 2.24) is 14.5 Å². The molecule has 12 rings (SSSR count). The molecule has 10 aromatic carbocycles. The van der Waals surface area contributed by atoms with Crippen LogP contribution in [-0.4, -0.2) is 14.5 Å². The number of nitrogens with zero attached hydrogens (tertiary/aromatic N) is 3. The zero-order chi connectivity index (χ0) is 41.7. The van der Waals surface area contributed by atoms with Gasteiger partial charge in [0, 0.05) is 33.2 Å². The van der Waals surface area contributed by atoms with E-state index in [0.29, 0.717) is 5.82 Å². The molecule has 12 aromatic rings. The van der Waals surface area contributed by atoms with Crippen molar-refractivity contribution in [1.29, 1.82) is 0 Å². The number of fused-ring (bicyclic) bond motifs is 5. The van der Waals surface area contributed by atoms with Crippen LogP contribution < -0.4 is 0 Å². The highest BCUT2D eigenvalue weighted by Gasteiger charge is 2.17. The van der Waals surface area contributed by atoms with Gasteiger partial charge in [0.1, 0.15) is 0 Å². The average Bonchev–Trinajstić information content (AvgIpc) is 3.69. The summed E-state index contributed by atoms with van der Waals surface area (Å²) in [6, 6.07) is 84.8. The quantitative estimate of drug-likeness (QED) is 0.161. The molecule has 0 unspecified atom stereocenters. The van der Waals surface area contributed by atoms with Gasteiger partial charge in [0.25, 0.3) is 0 Å². The smallest absolute Gasteiger partial charge is 0.160 e. The molecule has 294 valence electrons. The molecule has 0 amide bonds. The summed E-state index contributed by atoms with van der Waals surface area (Å²) in [5, 5.41) is 7.46. The minimum Gasteiger partial charge on any atom is -0.309 e. The second-order valence-electron chi connectivity index (χ2n) is 16.2. The van der Waals surface area contributed by atoms with E-state index < -0.39 is 0 Å². The van der Waals surface area contributed by atoms with Crippen LogP contribution in [-0.2, 0) is 0 Å². The zero-order valence-electron chi connectivity index (χ0n) is 34.4. The highest BCUT2D eigenvalue weighted by atomic mass is 15.0. The molecule has 0 saturated heterocycles. The summed E-state index contributed by atoms with van der Waals surface area (Å²) in [5.74, 6) is 0.714. The molecule has 0 bridgehead atoms. The molecule has 0 saturated carbocycles. The van der Waals surface area contributed by atoms with E-state index in [1.807, 2.05) is 36.4 Å². The van der Waals surface area contributed by atoms with E-state index in [1.54, 1.807) is 0 Å². The van der Waals surface area contributed by atoms with Gasteiger partial charge in [-0.05, 0) is 97.4 Å². The van der Waals surface area contributed by atoms with Crippen LogP contribution in [0.15, 0.2) is 237 Å². The predicted molar refractivity (Wildman–Crippen MR) is 264 cm³/mol. The summed E-state index contributed by atoms with van der Waals surface area (Å²) in [5.41, 5.74) is 15.6. The van der Waals surface area contributed by atoms with E-state index in [2.05, 4.69) is 205 Å². The first-order valence-electron chi connectivity index (χ1n) is 21.5. The monoisotopic (exact) mass is 801 g/mol. The Hall–Kier alpha value is -8.40. The fourth-order valence-electron chi connectivity index (χ4n) is 9.30. The lowest BCUT2D eigenvalue weighted by molar-refractivity contribution is 1.18. The maximum absolute atomic E-state index is 5.05. The summed E-state index contributed by atoms with van der Waals surface area (Å²) >= 11 is 0. The van der Waals surface area contributed by atoms with Gasteiger partial charge < -0.3 is 4.57 Å². The highest BCUT2D eigenvalue weighted by molar-refractivity contribution is 6.13. The Kier molecular flexibility index (Phi) is 8.83. The molecule has 2 aromatic heterocycles. The SMILES string of the molecule is c1ccc(-c2cc(-c3ccc(-c4ccc(-n5c6ccc(-c7cccc8ccccc78)cc6c6cc(-c7cccc8ccccc78)ccc65)cc4)cc3)nc(-c3ccccc3)n2)cc1. The molecular formula is C60H39N3. The molecule has 0 spiro atoms. The van der Waals surface area contributed by atoms with E-state index in [1.165, 1.54) is 65.6 Å². The van der Waals surface area contributed by atoms with Crippen LogP contribution in [0.3, 0.4) is 0 Å². The first-order valence-corrected chi connectivity index (χ1v) is 21.5. The Labute approximate surface area is 365 Å². The van der Waals surface area contributed by atoms with Crippen molar-refractivity contribution in [3.8, 4) is 73.0 Å². The van der Waals surface area contributed by atoms with Crippen LogP contribution in [0.25, 0.3) is 116 Å². The summed E-state index contributed by atoms with van der Waals surface area (Å²) in [4.78, 5) is 10.0. The van der Waals surface area contributed by atoms with Crippen LogP contribution in [0.2, 0.25) is 0 Å². The third kappa shape index (κ3) is 6.55. The van der Waals surface area contributed by atoms with Crippen LogP contribution in [0.5, 0.6) is 0 Å². The van der Waals surface area contributed by atoms with Gasteiger partial charge in [-0.3, -0.25) is 0 Å². The van der Waals surface area contributed by atoms with Gasteiger partial charge in [-0.1, -0.05) is 194 Å². The maximum Gasteiger partial charge on any atom is 0.160 e. The van der Waals surface area contributed by atoms with Crippen molar-refractivity contribution in [3.05, 3.63) is 237 Å². The topological polar surface area (TPSA) is 30.7 Å². The third-order valence-corrected chi connectivity index (χ3v) is 12.4. The third-order valence-electron chi connectivity index (χ3n) is 12.4. The summed E-state index contributed by atoms with van der Waals surface area (Å²) in [7, 11) is 0. The van der Waals surface area contributed by atoms with Crippen molar-refractivity contribution in [2.75, 3.05) is 0 Å². The Balaban J connectivity index is 0.941. The first kappa shape index (κ1) is 36.5. The molecule has 0 atom stereocenters. The Morgan fingerprint density at radius 3 is 1.22 bits per heavy atom. The summed E-state index contributed by atoms with van der Waals surface area (Å²) in [6.45, 7) is 0. The first-order chi connectivity index (χ1) is 31.2. The second kappa shape index (κ2) is 15.3. The number of hydrogen-bond acceptors (Lipinski definition) is 2. The van der Waals surface area contributed by atoms with Gasteiger partial charge in [0.05, 0.1) is 22.4 Å². The van der Waals surface area contributed by atoms with Gasteiger partial charge in [0.15, 0.2) is 5.82 Å². The number of benzene rings is 10. The lowest BCUT2D eigenvalue weighted by atomic mass is 9.95. The van der Waals surface area contributed by atoms with Crippen molar-refractivity contribution in [3.63, 3.8) is 0 Å². The molecule has 0 fully saturated rings. The maximum atomic E-state index is 5.05.